The second-order valence-electron chi connectivity index (χ2n) is 10.7. The number of halogens is 2. The summed E-state index contributed by atoms with van der Waals surface area (Å²) in [5.74, 6) is 0.167. The first-order chi connectivity index (χ1) is 18.9. The number of aryl methyl sites for hydroxylation is 2. The summed E-state index contributed by atoms with van der Waals surface area (Å²) < 4.78 is 17.7. The van der Waals surface area contributed by atoms with Crippen molar-refractivity contribution in [3.05, 3.63) is 45.2 Å². The van der Waals surface area contributed by atoms with E-state index >= 15 is 0 Å². The van der Waals surface area contributed by atoms with Crippen LogP contribution in [0.1, 0.15) is 55.4 Å². The fraction of sp³-hybridized carbons (Fsp3) is 0.500. The molecule has 1 aliphatic rings. The number of nitrogens with one attached hydrogen (secondary N) is 1. The number of hydrogen-bond donors (Lipinski definition) is 1. The highest BCUT2D eigenvalue weighted by atomic mass is 35.5. The first-order valence-corrected chi connectivity index (χ1v) is 13.9. The van der Waals surface area contributed by atoms with Crippen molar-refractivity contribution in [2.75, 3.05) is 38.7 Å². The zero-order valence-electron chi connectivity index (χ0n) is 23.6. The molecule has 1 saturated heterocycles. The van der Waals surface area contributed by atoms with Crippen molar-refractivity contribution in [3.63, 3.8) is 0 Å². The Labute approximate surface area is 243 Å². The normalized spacial score (nSPS) is 14.3. The number of ether oxygens (including phenoxy) is 3. The number of rotatable bonds is 7. The molecule has 1 aromatic carbocycles. The zero-order valence-corrected chi connectivity index (χ0v) is 25.1. The van der Waals surface area contributed by atoms with Crippen molar-refractivity contribution in [2.24, 2.45) is 0 Å². The van der Waals surface area contributed by atoms with Crippen LogP contribution in [0.4, 0.5) is 10.6 Å². The van der Waals surface area contributed by atoms with Crippen LogP contribution in [0.5, 0.6) is 0 Å². The SMILES string of the molecule is COC(=O)c1cc(Cl)c(-c2c(C)nn3c(NCCN(C(=O)OC(C)(C)C)C4CCOCC4)cc(C)nc23)c(Cl)c1. The summed E-state index contributed by atoms with van der Waals surface area (Å²) in [7, 11) is 1.30. The third-order valence-corrected chi connectivity index (χ3v) is 7.12. The molecule has 3 heterocycles. The highest BCUT2D eigenvalue weighted by Crippen LogP contribution is 2.40. The molecule has 1 amide bonds. The molecule has 0 spiro atoms. The molecule has 0 radical (unpaired) electrons. The average molecular weight is 593 g/mol. The van der Waals surface area contributed by atoms with E-state index in [1.165, 1.54) is 19.2 Å². The van der Waals surface area contributed by atoms with Crippen LogP contribution in [-0.4, -0.2) is 76.6 Å². The molecule has 1 N–H and O–H groups in total. The number of nitrogens with zero attached hydrogens (tertiary/aromatic N) is 4. The van der Waals surface area contributed by atoms with Gasteiger partial charge >= 0.3 is 12.1 Å². The van der Waals surface area contributed by atoms with Gasteiger partial charge in [0.1, 0.15) is 11.4 Å². The van der Waals surface area contributed by atoms with E-state index in [-0.39, 0.29) is 27.7 Å². The number of carbonyl (C=O) groups is 2. The monoisotopic (exact) mass is 591 g/mol. The summed E-state index contributed by atoms with van der Waals surface area (Å²) >= 11 is 13.2. The van der Waals surface area contributed by atoms with E-state index < -0.39 is 11.6 Å². The minimum atomic E-state index is -0.594. The second-order valence-corrected chi connectivity index (χ2v) is 11.5. The fourth-order valence-corrected chi connectivity index (χ4v) is 5.43. The summed E-state index contributed by atoms with van der Waals surface area (Å²) in [4.78, 5) is 31.6. The molecule has 216 valence electrons. The minimum Gasteiger partial charge on any atom is -0.465 e. The number of aromatic nitrogens is 3. The van der Waals surface area contributed by atoms with Crippen LogP contribution < -0.4 is 5.32 Å². The van der Waals surface area contributed by atoms with Crippen molar-refractivity contribution in [2.45, 2.75) is 59.1 Å². The van der Waals surface area contributed by atoms with E-state index in [1.54, 1.807) is 9.42 Å². The van der Waals surface area contributed by atoms with Crippen LogP contribution in [-0.2, 0) is 14.2 Å². The number of methoxy groups -OCH3 is 1. The van der Waals surface area contributed by atoms with Crippen LogP contribution in [0.2, 0.25) is 10.0 Å². The topological polar surface area (TPSA) is 107 Å². The van der Waals surface area contributed by atoms with Gasteiger partial charge in [0.2, 0.25) is 0 Å². The van der Waals surface area contributed by atoms with E-state index in [4.69, 9.17) is 47.5 Å². The molecule has 12 heteroatoms. The van der Waals surface area contributed by atoms with Gasteiger partial charge in [0.15, 0.2) is 5.65 Å². The smallest absolute Gasteiger partial charge is 0.410 e. The Morgan fingerprint density at radius 3 is 2.38 bits per heavy atom. The quantitative estimate of drug-likeness (QED) is 0.337. The summed E-state index contributed by atoms with van der Waals surface area (Å²) in [5.41, 5.74) is 2.82. The average Bonchev–Trinajstić information content (AvgIpc) is 3.20. The van der Waals surface area contributed by atoms with Crippen molar-refractivity contribution in [1.29, 1.82) is 0 Å². The number of carbonyl (C=O) groups excluding carboxylic acids is 2. The molecule has 1 aliphatic heterocycles. The maximum absolute atomic E-state index is 13.1. The van der Waals surface area contributed by atoms with Crippen LogP contribution in [0.3, 0.4) is 0 Å². The van der Waals surface area contributed by atoms with Crippen LogP contribution in [0.25, 0.3) is 16.8 Å². The highest BCUT2D eigenvalue weighted by molar-refractivity contribution is 6.40. The summed E-state index contributed by atoms with van der Waals surface area (Å²) in [5, 5.41) is 8.71. The molecule has 0 saturated carbocycles. The van der Waals surface area contributed by atoms with Gasteiger partial charge in [0, 0.05) is 49.7 Å². The van der Waals surface area contributed by atoms with E-state index in [2.05, 4.69) is 5.32 Å². The van der Waals surface area contributed by atoms with Gasteiger partial charge in [-0.25, -0.2) is 14.6 Å². The Morgan fingerprint density at radius 1 is 1.12 bits per heavy atom. The van der Waals surface area contributed by atoms with E-state index in [9.17, 15) is 9.59 Å². The number of benzene rings is 1. The summed E-state index contributed by atoms with van der Waals surface area (Å²) in [6.07, 6.45) is 1.18. The molecule has 2 aromatic heterocycles. The number of anilines is 1. The van der Waals surface area contributed by atoms with Gasteiger partial charge in [-0.3, -0.25) is 0 Å². The molecule has 40 heavy (non-hydrogen) atoms. The van der Waals surface area contributed by atoms with E-state index in [1.807, 2.05) is 40.7 Å². The van der Waals surface area contributed by atoms with Gasteiger partial charge in [0.05, 0.1) is 34.0 Å². The lowest BCUT2D eigenvalue weighted by molar-refractivity contribution is -0.00446. The van der Waals surface area contributed by atoms with Gasteiger partial charge < -0.3 is 24.4 Å². The molecule has 4 rings (SSSR count). The molecule has 0 bridgehead atoms. The van der Waals surface area contributed by atoms with Gasteiger partial charge in [0.25, 0.3) is 0 Å². The highest BCUT2D eigenvalue weighted by Gasteiger charge is 2.30. The standard InChI is InChI=1S/C28H35Cl2N5O5/c1-16-13-22(31-9-10-34(19-7-11-39-12-8-19)27(37)40-28(3,4)5)35-25(32-16)23(17(2)33-35)24-20(29)14-18(15-21(24)30)26(36)38-6/h13-15,19,31H,7-12H2,1-6H3. The van der Waals surface area contributed by atoms with Gasteiger partial charge in [-0.1, -0.05) is 23.2 Å². The Kier molecular flexibility index (Phi) is 9.12. The number of amides is 1. The third kappa shape index (κ3) is 6.62. The molecular formula is C28H35Cl2N5O5. The lowest BCUT2D eigenvalue weighted by Crippen LogP contribution is -2.47. The predicted molar refractivity (Wildman–Crippen MR) is 155 cm³/mol. The Bertz CT molecular complexity index is 1390. The lowest BCUT2D eigenvalue weighted by atomic mass is 10.0. The van der Waals surface area contributed by atoms with Gasteiger partial charge in [-0.05, 0) is 59.6 Å². The van der Waals surface area contributed by atoms with Crippen LogP contribution in [0, 0.1) is 13.8 Å². The predicted octanol–water partition coefficient (Wildman–Crippen LogP) is 5.93. The lowest BCUT2D eigenvalue weighted by Gasteiger charge is -2.35. The first-order valence-electron chi connectivity index (χ1n) is 13.2. The van der Waals surface area contributed by atoms with Gasteiger partial charge in [-0.15, -0.1) is 0 Å². The number of fused-ring (bicyclic) bond motifs is 1. The molecule has 0 aliphatic carbocycles. The van der Waals surface area contributed by atoms with E-state index in [0.717, 1.165) is 18.5 Å². The molecular weight excluding hydrogens is 557 g/mol. The molecule has 0 unspecified atom stereocenters. The van der Waals surface area contributed by atoms with Crippen molar-refractivity contribution in [3.8, 4) is 11.1 Å². The van der Waals surface area contributed by atoms with Crippen molar-refractivity contribution in [1.82, 2.24) is 19.5 Å². The Morgan fingerprint density at radius 2 is 1.77 bits per heavy atom. The molecule has 10 nitrogen and oxygen atoms in total. The minimum absolute atomic E-state index is 0.0420. The Hall–Kier alpha value is -3.08. The van der Waals surface area contributed by atoms with Crippen molar-refractivity contribution < 1.29 is 23.8 Å². The number of esters is 1. The van der Waals surface area contributed by atoms with Crippen LogP contribution in [0.15, 0.2) is 18.2 Å². The van der Waals surface area contributed by atoms with E-state index in [0.29, 0.717) is 54.6 Å². The fourth-order valence-electron chi connectivity index (χ4n) is 4.76. The van der Waals surface area contributed by atoms with Crippen LogP contribution >= 0.6 is 23.2 Å². The van der Waals surface area contributed by atoms with Gasteiger partial charge in [-0.2, -0.15) is 9.61 Å². The van der Waals surface area contributed by atoms with Crippen molar-refractivity contribution >= 4 is 46.7 Å². The Balaban J connectivity index is 1.63. The first kappa shape index (κ1) is 29.9. The third-order valence-electron chi connectivity index (χ3n) is 6.52. The second kappa shape index (κ2) is 12.2. The largest absolute Gasteiger partial charge is 0.465 e. The summed E-state index contributed by atoms with van der Waals surface area (Å²) in [6.45, 7) is 11.4. The molecule has 1 fully saturated rings. The summed E-state index contributed by atoms with van der Waals surface area (Å²) in [6, 6.07) is 4.97. The maximum Gasteiger partial charge on any atom is 0.410 e. The maximum atomic E-state index is 13.1. The number of hydrogen-bond acceptors (Lipinski definition) is 8. The molecule has 0 atom stereocenters. The zero-order chi connectivity index (χ0) is 29.2. The molecule has 3 aromatic rings.